The van der Waals surface area contributed by atoms with Crippen molar-refractivity contribution in [2.45, 2.75) is 53.2 Å². The molecule has 0 unspecified atom stereocenters. The van der Waals surface area contributed by atoms with Crippen LogP contribution in [0.4, 0.5) is 4.39 Å². The van der Waals surface area contributed by atoms with Crippen molar-refractivity contribution < 1.29 is 9.18 Å². The topological polar surface area (TPSA) is 88.9 Å². The number of halogens is 1. The van der Waals surface area contributed by atoms with E-state index in [0.717, 1.165) is 23.8 Å². The average molecular weight is 503 g/mol. The van der Waals surface area contributed by atoms with Gasteiger partial charge < -0.3 is 19.4 Å². The maximum atomic E-state index is 14.5. The first-order valence-corrected chi connectivity index (χ1v) is 12.4. The third kappa shape index (κ3) is 5.01. The Morgan fingerprint density at radius 1 is 1.03 bits per heavy atom. The Labute approximate surface area is 214 Å². The molecule has 0 saturated heterocycles. The maximum Gasteiger partial charge on any atom is 0.253 e. The number of nitrogens with one attached hydrogen (secondary N) is 2. The number of H-pyrrole nitrogens is 1. The van der Waals surface area contributed by atoms with Crippen molar-refractivity contribution in [3.8, 4) is 0 Å². The molecule has 3 aromatic heterocycles. The molecule has 4 aromatic rings. The van der Waals surface area contributed by atoms with Crippen molar-refractivity contribution in [1.29, 1.82) is 0 Å². The van der Waals surface area contributed by atoms with Gasteiger partial charge in [0.1, 0.15) is 5.82 Å². The number of benzene rings is 1. The van der Waals surface area contributed by atoms with E-state index in [-0.39, 0.29) is 34.4 Å². The number of nitrogens with zero attached hydrogens (tertiary/aromatic N) is 2. The summed E-state index contributed by atoms with van der Waals surface area (Å²) in [6.45, 7) is 7.37. The number of hydrogen-bond donors (Lipinski definition) is 2. The van der Waals surface area contributed by atoms with E-state index in [1.807, 2.05) is 19.2 Å². The van der Waals surface area contributed by atoms with Crippen molar-refractivity contribution in [2.24, 2.45) is 10.8 Å². The van der Waals surface area contributed by atoms with Crippen LogP contribution in [0.15, 0.2) is 70.6 Å². The van der Waals surface area contributed by atoms with Crippen molar-refractivity contribution >= 4 is 16.8 Å². The summed E-state index contributed by atoms with van der Waals surface area (Å²) in [5.74, 6) is -0.760. The van der Waals surface area contributed by atoms with Crippen LogP contribution >= 0.6 is 0 Å². The van der Waals surface area contributed by atoms with Crippen molar-refractivity contribution in [3.05, 3.63) is 104 Å². The molecule has 1 aromatic carbocycles. The second-order valence-corrected chi connectivity index (χ2v) is 11.2. The largest absolute Gasteiger partial charge is 0.361 e. The van der Waals surface area contributed by atoms with Crippen LogP contribution in [0, 0.1) is 23.6 Å². The summed E-state index contributed by atoms with van der Waals surface area (Å²) in [4.78, 5) is 40.6. The number of amides is 1. The zero-order valence-electron chi connectivity index (χ0n) is 21.3. The molecule has 0 spiro atoms. The maximum absolute atomic E-state index is 14.5. The van der Waals surface area contributed by atoms with Gasteiger partial charge in [0.15, 0.2) is 0 Å². The summed E-state index contributed by atoms with van der Waals surface area (Å²) in [6.07, 6.45) is 6.91. The molecule has 0 atom stereocenters. The van der Waals surface area contributed by atoms with Gasteiger partial charge in [-0.3, -0.25) is 14.4 Å². The fourth-order valence-electron chi connectivity index (χ4n) is 6.18. The zero-order chi connectivity index (χ0) is 26.4. The van der Waals surface area contributed by atoms with E-state index in [9.17, 15) is 18.8 Å². The molecule has 1 fully saturated rings. The minimum absolute atomic E-state index is 0.0182. The molecule has 0 radical (unpaired) electrons. The Bertz CT molecular complexity index is 1610. The molecule has 1 aliphatic carbocycles. The number of carbonyl (C=O) groups excluding carboxylic acids is 1. The van der Waals surface area contributed by atoms with Gasteiger partial charge >= 0.3 is 0 Å². The Morgan fingerprint density at radius 3 is 2.46 bits per heavy atom. The molecule has 3 heterocycles. The highest BCUT2D eigenvalue weighted by molar-refractivity contribution is 5.94. The van der Waals surface area contributed by atoms with E-state index in [1.54, 1.807) is 39.7 Å². The third-order valence-electron chi connectivity index (χ3n) is 7.45. The van der Waals surface area contributed by atoms with Gasteiger partial charge in [0.2, 0.25) is 0 Å². The van der Waals surface area contributed by atoms with E-state index in [2.05, 4.69) is 24.1 Å². The highest BCUT2D eigenvalue weighted by atomic mass is 19.1. The molecule has 0 bridgehead atoms. The van der Waals surface area contributed by atoms with E-state index >= 15 is 0 Å². The Balaban J connectivity index is 1.25. The van der Waals surface area contributed by atoms with Crippen molar-refractivity contribution in [3.63, 3.8) is 0 Å². The van der Waals surface area contributed by atoms with Crippen molar-refractivity contribution in [1.82, 2.24) is 19.4 Å². The van der Waals surface area contributed by atoms with Crippen LogP contribution in [0.5, 0.6) is 0 Å². The number of fused-ring (bicyclic) bond motifs is 1. The van der Waals surface area contributed by atoms with Crippen LogP contribution in [0.3, 0.4) is 0 Å². The van der Waals surface area contributed by atoms with E-state index < -0.39 is 5.82 Å². The summed E-state index contributed by atoms with van der Waals surface area (Å²) < 4.78 is 17.8. The van der Waals surface area contributed by atoms with E-state index in [4.69, 9.17) is 0 Å². The van der Waals surface area contributed by atoms with Gasteiger partial charge in [-0.1, -0.05) is 19.9 Å². The van der Waals surface area contributed by atoms with Crippen LogP contribution < -0.4 is 16.4 Å². The fraction of sp³-hybridized carbons (Fsp3) is 0.345. The highest BCUT2D eigenvalue weighted by Gasteiger charge is 2.49. The Kier molecular flexibility index (Phi) is 6.14. The van der Waals surface area contributed by atoms with Crippen LogP contribution in [-0.2, 0) is 19.6 Å². The van der Waals surface area contributed by atoms with Crippen LogP contribution in [-0.4, -0.2) is 20.0 Å². The fourth-order valence-corrected chi connectivity index (χ4v) is 6.18. The summed E-state index contributed by atoms with van der Waals surface area (Å²) in [5, 5.41) is 3.69. The Hall–Kier alpha value is -3.94. The lowest BCUT2D eigenvalue weighted by molar-refractivity contribution is -0.0386. The first-order valence-electron chi connectivity index (χ1n) is 12.4. The molecule has 1 aliphatic rings. The number of hydrogen-bond acceptors (Lipinski definition) is 3. The van der Waals surface area contributed by atoms with Gasteiger partial charge in [0, 0.05) is 66.8 Å². The normalized spacial score (nSPS) is 21.1. The minimum atomic E-state index is -0.390. The second-order valence-electron chi connectivity index (χ2n) is 11.2. The van der Waals surface area contributed by atoms with Gasteiger partial charge in [-0.15, -0.1) is 0 Å². The van der Waals surface area contributed by atoms with Gasteiger partial charge in [-0.05, 0) is 60.4 Å². The van der Waals surface area contributed by atoms with Crippen LogP contribution in [0.1, 0.15) is 48.2 Å². The molecule has 192 valence electrons. The second kappa shape index (κ2) is 9.18. The molecule has 1 saturated carbocycles. The predicted molar refractivity (Wildman–Crippen MR) is 141 cm³/mol. The molecule has 8 heteroatoms. The lowest BCUT2D eigenvalue weighted by Gasteiger charge is -2.53. The minimum Gasteiger partial charge on any atom is -0.361 e. The summed E-state index contributed by atoms with van der Waals surface area (Å²) in [5.41, 5.74) is 2.11. The third-order valence-corrected chi connectivity index (χ3v) is 7.45. The first kappa shape index (κ1) is 24.7. The zero-order valence-corrected chi connectivity index (χ0v) is 21.3. The number of aromatic nitrogens is 3. The summed E-state index contributed by atoms with van der Waals surface area (Å²) in [7, 11) is 0. The average Bonchev–Trinajstić information content (AvgIpc) is 3.18. The molecule has 7 nitrogen and oxygen atoms in total. The summed E-state index contributed by atoms with van der Waals surface area (Å²) >= 11 is 0. The SMILES string of the molecule is Cc1c[nH]c2cc(F)c(CNC(=O)c3ccc(=O)n(CC4(C)CC(C)(Cn5ccccc5=O)C4)c3)cc12. The number of pyridine rings is 2. The van der Waals surface area contributed by atoms with Crippen LogP contribution in [0.2, 0.25) is 0 Å². The van der Waals surface area contributed by atoms with Gasteiger partial charge in [0.05, 0.1) is 5.56 Å². The number of rotatable bonds is 7. The monoisotopic (exact) mass is 502 g/mol. The van der Waals surface area contributed by atoms with Gasteiger partial charge in [0.25, 0.3) is 17.0 Å². The molecule has 37 heavy (non-hydrogen) atoms. The molecular weight excluding hydrogens is 471 g/mol. The molecule has 2 N–H and O–H groups in total. The predicted octanol–water partition coefficient (Wildman–Crippen LogP) is 4.38. The molecule has 1 amide bonds. The smallest absolute Gasteiger partial charge is 0.253 e. The Morgan fingerprint density at radius 2 is 1.73 bits per heavy atom. The first-order chi connectivity index (χ1) is 17.5. The molecule has 5 rings (SSSR count). The lowest BCUT2D eigenvalue weighted by Crippen LogP contribution is -2.49. The standard InChI is InChI=1S/C29H31FN4O3/c1-19-12-31-24-11-23(30)21(10-22(19)24)13-32-27(37)20-7-8-26(36)34(14-20)18-29(3)15-28(2,16-29)17-33-9-5-4-6-25(33)35/h4-12,14,31H,13,15-18H2,1-3H3,(H,32,37). The number of carbonyl (C=O) groups is 1. The van der Waals surface area contributed by atoms with Crippen LogP contribution in [0.25, 0.3) is 10.9 Å². The van der Waals surface area contributed by atoms with E-state index in [0.29, 0.717) is 29.7 Å². The van der Waals surface area contributed by atoms with Gasteiger partial charge in [-0.2, -0.15) is 0 Å². The summed E-state index contributed by atoms with van der Waals surface area (Å²) in [6, 6.07) is 11.2. The van der Waals surface area contributed by atoms with Gasteiger partial charge in [-0.25, -0.2) is 4.39 Å². The van der Waals surface area contributed by atoms with Crippen molar-refractivity contribution in [2.75, 3.05) is 0 Å². The number of aryl methyl sites for hydroxylation is 1. The number of aromatic amines is 1. The molecular formula is C29H31FN4O3. The highest BCUT2D eigenvalue weighted by Crippen LogP contribution is 2.55. The molecule has 0 aliphatic heterocycles. The quantitative estimate of drug-likeness (QED) is 0.393. The van der Waals surface area contributed by atoms with E-state index in [1.165, 1.54) is 18.2 Å². The lowest BCUT2D eigenvalue weighted by atomic mass is 9.54.